The van der Waals surface area contributed by atoms with Crippen molar-refractivity contribution in [3.8, 4) is 6.07 Å². The van der Waals surface area contributed by atoms with Gasteiger partial charge in [-0.15, -0.1) is 0 Å². The molecule has 0 unspecified atom stereocenters. The molecule has 0 fully saturated rings. The number of halogens is 1. The highest BCUT2D eigenvalue weighted by Gasteiger charge is 2.18. The maximum Gasteiger partial charge on any atom is 0.237 e. The fourth-order valence-corrected chi connectivity index (χ4v) is 3.39. The van der Waals surface area contributed by atoms with Gasteiger partial charge in [0.2, 0.25) is 5.78 Å². The molecule has 0 aliphatic rings. The topological polar surface area (TPSA) is 91.3 Å². The average Bonchev–Trinajstić information content (AvgIpc) is 3.22. The lowest BCUT2D eigenvalue weighted by molar-refractivity contribution is -0.111. The smallest absolute Gasteiger partial charge is 0.237 e. The lowest BCUT2D eigenvalue weighted by atomic mass is 9.86. The van der Waals surface area contributed by atoms with Crippen LogP contribution in [0.2, 0.25) is 0 Å². The molecule has 0 saturated heterocycles. The molecule has 7 heteroatoms. The van der Waals surface area contributed by atoms with Crippen LogP contribution in [0, 0.1) is 17.1 Å². The van der Waals surface area contributed by atoms with Gasteiger partial charge in [0.25, 0.3) is 0 Å². The molecule has 1 heterocycles. The minimum Gasteiger partial charge on any atom is -0.504 e. The number of aromatic nitrogens is 2. The normalized spacial score (nSPS) is 12.6. The third-order valence-corrected chi connectivity index (χ3v) is 4.90. The Morgan fingerprint density at radius 2 is 2.03 bits per heavy atom. The van der Waals surface area contributed by atoms with E-state index in [1.54, 1.807) is 35.2 Å². The quantitative estimate of drug-likeness (QED) is 0.337. The number of hydrogen-bond donors (Lipinski definition) is 1. The summed E-state index contributed by atoms with van der Waals surface area (Å²) >= 11 is 0. The molecule has 2 aromatic carbocycles. The van der Waals surface area contributed by atoms with Crippen molar-refractivity contribution < 1.29 is 14.3 Å². The summed E-state index contributed by atoms with van der Waals surface area (Å²) in [5.41, 5.74) is 2.30. The Hall–Kier alpha value is -4.05. The SMILES string of the molecule is CN=CC(=O)/C(O)=C/c1nccn1CC[C@@H](c1ccc(F)cc1)c1ccccc1C#N. The Morgan fingerprint density at radius 1 is 1.29 bits per heavy atom. The van der Waals surface area contributed by atoms with Gasteiger partial charge < -0.3 is 9.67 Å². The molecule has 156 valence electrons. The number of rotatable bonds is 8. The number of Topliss-reactive ketones (excluding diaryl/α,β-unsaturated/α-hetero) is 1. The molecule has 1 atom stereocenters. The van der Waals surface area contributed by atoms with Gasteiger partial charge in [0.1, 0.15) is 11.6 Å². The van der Waals surface area contributed by atoms with E-state index in [1.165, 1.54) is 25.3 Å². The first kappa shape index (κ1) is 21.7. The first-order chi connectivity index (χ1) is 15.0. The van der Waals surface area contributed by atoms with E-state index in [9.17, 15) is 19.6 Å². The number of hydrogen-bond acceptors (Lipinski definition) is 5. The summed E-state index contributed by atoms with van der Waals surface area (Å²) in [6.45, 7) is 0.497. The molecule has 0 saturated carbocycles. The summed E-state index contributed by atoms with van der Waals surface area (Å²) in [6.07, 6.45) is 6.23. The molecule has 0 amide bonds. The van der Waals surface area contributed by atoms with Gasteiger partial charge in [-0.3, -0.25) is 9.79 Å². The Kier molecular flexibility index (Phi) is 7.07. The third-order valence-electron chi connectivity index (χ3n) is 4.90. The summed E-state index contributed by atoms with van der Waals surface area (Å²) in [5, 5.41) is 19.5. The zero-order chi connectivity index (χ0) is 22.2. The van der Waals surface area contributed by atoms with Crippen molar-refractivity contribution in [3.05, 3.63) is 95.0 Å². The van der Waals surface area contributed by atoms with Crippen LogP contribution in [0.15, 0.2) is 71.7 Å². The standard InChI is InChI=1S/C24H21FN4O2/c1-27-16-23(31)22(30)14-24-28-11-13-29(24)12-10-21(17-6-8-19(25)9-7-17)20-5-3-2-4-18(20)15-26/h2-9,11,13-14,16,21,30H,10,12H2,1H3/b22-14-,27-16?/t21-/m0/s1. The van der Waals surface area contributed by atoms with Gasteiger partial charge in [0.05, 0.1) is 17.8 Å². The number of nitrogens with zero attached hydrogens (tertiary/aromatic N) is 4. The number of allylic oxidation sites excluding steroid dienone is 1. The Bertz CT molecular complexity index is 1160. The molecule has 0 radical (unpaired) electrons. The minimum absolute atomic E-state index is 0.155. The van der Waals surface area contributed by atoms with Crippen LogP contribution in [-0.2, 0) is 11.3 Å². The number of ketones is 1. The first-order valence-corrected chi connectivity index (χ1v) is 9.66. The number of benzene rings is 2. The second-order valence-corrected chi connectivity index (χ2v) is 6.85. The zero-order valence-corrected chi connectivity index (χ0v) is 16.9. The largest absolute Gasteiger partial charge is 0.504 e. The van der Waals surface area contributed by atoms with E-state index < -0.39 is 11.5 Å². The van der Waals surface area contributed by atoms with E-state index in [-0.39, 0.29) is 11.7 Å². The van der Waals surface area contributed by atoms with Crippen molar-refractivity contribution in [1.82, 2.24) is 9.55 Å². The Morgan fingerprint density at radius 3 is 2.74 bits per heavy atom. The number of aryl methyl sites for hydroxylation is 1. The van der Waals surface area contributed by atoms with Gasteiger partial charge in [-0.2, -0.15) is 5.26 Å². The van der Waals surface area contributed by atoms with Crippen molar-refractivity contribution in [2.24, 2.45) is 4.99 Å². The molecular formula is C24H21FN4O2. The summed E-state index contributed by atoms with van der Waals surface area (Å²) in [7, 11) is 1.45. The summed E-state index contributed by atoms with van der Waals surface area (Å²) in [4.78, 5) is 19.5. The Labute approximate surface area is 179 Å². The number of aliphatic hydroxyl groups excluding tert-OH is 1. The van der Waals surface area contributed by atoms with E-state index in [1.807, 2.05) is 18.2 Å². The highest BCUT2D eigenvalue weighted by atomic mass is 19.1. The lowest BCUT2D eigenvalue weighted by Gasteiger charge is -2.20. The monoisotopic (exact) mass is 416 g/mol. The summed E-state index contributed by atoms with van der Waals surface area (Å²) < 4.78 is 15.3. The second kappa shape index (κ2) is 10.1. The molecule has 31 heavy (non-hydrogen) atoms. The number of carbonyl (C=O) groups is 1. The molecule has 3 aromatic rings. The predicted molar refractivity (Wildman–Crippen MR) is 116 cm³/mol. The maximum atomic E-state index is 13.5. The average molecular weight is 416 g/mol. The molecule has 0 bridgehead atoms. The fraction of sp³-hybridized carbons (Fsp3) is 0.167. The van der Waals surface area contributed by atoms with Crippen LogP contribution in [0.3, 0.4) is 0 Å². The van der Waals surface area contributed by atoms with Crippen molar-refractivity contribution in [1.29, 1.82) is 5.26 Å². The minimum atomic E-state index is -0.607. The van der Waals surface area contributed by atoms with Gasteiger partial charge in [0, 0.05) is 38.0 Å². The van der Waals surface area contributed by atoms with Crippen LogP contribution < -0.4 is 0 Å². The van der Waals surface area contributed by atoms with Crippen molar-refractivity contribution in [2.45, 2.75) is 18.9 Å². The molecular weight excluding hydrogens is 395 g/mol. The number of carbonyl (C=O) groups excluding carboxylic acids is 1. The van der Waals surface area contributed by atoms with Crippen LogP contribution in [0.25, 0.3) is 6.08 Å². The summed E-state index contributed by atoms with van der Waals surface area (Å²) in [6, 6.07) is 15.8. The molecule has 0 aliphatic carbocycles. The first-order valence-electron chi connectivity index (χ1n) is 9.66. The molecule has 6 nitrogen and oxygen atoms in total. The number of imidazole rings is 1. The predicted octanol–water partition coefficient (Wildman–Crippen LogP) is 4.28. The van der Waals surface area contributed by atoms with Crippen LogP contribution >= 0.6 is 0 Å². The highest BCUT2D eigenvalue weighted by Crippen LogP contribution is 2.31. The van der Waals surface area contributed by atoms with Gasteiger partial charge in [0.15, 0.2) is 5.76 Å². The van der Waals surface area contributed by atoms with Crippen molar-refractivity contribution >= 4 is 18.1 Å². The fourth-order valence-electron chi connectivity index (χ4n) is 3.39. The molecule has 0 spiro atoms. The van der Waals surface area contributed by atoms with E-state index >= 15 is 0 Å². The van der Waals surface area contributed by atoms with Gasteiger partial charge >= 0.3 is 0 Å². The molecule has 1 N–H and O–H groups in total. The van der Waals surface area contributed by atoms with E-state index in [2.05, 4.69) is 16.0 Å². The van der Waals surface area contributed by atoms with E-state index in [4.69, 9.17) is 0 Å². The number of nitriles is 1. The molecule has 0 aliphatic heterocycles. The van der Waals surface area contributed by atoms with Crippen LogP contribution in [0.5, 0.6) is 0 Å². The zero-order valence-electron chi connectivity index (χ0n) is 16.9. The lowest BCUT2D eigenvalue weighted by Crippen LogP contribution is -2.10. The number of aliphatic imine (C=N–C) groups is 1. The van der Waals surface area contributed by atoms with Gasteiger partial charge in [-0.25, -0.2) is 9.37 Å². The Balaban J connectivity index is 1.90. The van der Waals surface area contributed by atoms with Crippen molar-refractivity contribution in [2.75, 3.05) is 7.05 Å². The second-order valence-electron chi connectivity index (χ2n) is 6.85. The van der Waals surface area contributed by atoms with Gasteiger partial charge in [-0.1, -0.05) is 30.3 Å². The molecule has 1 aromatic heterocycles. The maximum absolute atomic E-state index is 13.5. The van der Waals surface area contributed by atoms with Crippen LogP contribution in [0.1, 0.15) is 34.9 Å². The van der Waals surface area contributed by atoms with Crippen LogP contribution in [0.4, 0.5) is 4.39 Å². The summed E-state index contributed by atoms with van der Waals surface area (Å²) in [5.74, 6) is -1.12. The highest BCUT2D eigenvalue weighted by molar-refractivity contribution is 6.35. The van der Waals surface area contributed by atoms with Crippen molar-refractivity contribution in [3.63, 3.8) is 0 Å². The number of aliphatic hydroxyl groups is 1. The van der Waals surface area contributed by atoms with E-state index in [0.717, 1.165) is 17.3 Å². The van der Waals surface area contributed by atoms with Crippen LogP contribution in [-0.4, -0.2) is 33.7 Å². The third kappa shape index (κ3) is 5.31. The molecule has 3 rings (SSSR count). The van der Waals surface area contributed by atoms with E-state index in [0.29, 0.717) is 24.4 Å². The van der Waals surface area contributed by atoms with Gasteiger partial charge in [-0.05, 0) is 35.7 Å².